The van der Waals surface area contributed by atoms with Gasteiger partial charge in [0.15, 0.2) is 0 Å². The minimum atomic E-state index is 0.226. The first-order valence-corrected chi connectivity index (χ1v) is 4.27. The van der Waals surface area contributed by atoms with Gasteiger partial charge in [-0.3, -0.25) is 4.79 Å². The Bertz CT molecular complexity index is 266. The van der Waals surface area contributed by atoms with Gasteiger partial charge in [0.05, 0.1) is 6.20 Å². The van der Waals surface area contributed by atoms with E-state index in [1.807, 2.05) is 0 Å². The third kappa shape index (κ3) is 1.40. The van der Waals surface area contributed by atoms with Gasteiger partial charge in [0.1, 0.15) is 12.0 Å². The molecule has 1 atom stereocenters. The monoisotopic (exact) mass is 165 g/mol. The quantitative estimate of drug-likeness (QED) is 0.668. The van der Waals surface area contributed by atoms with Crippen molar-refractivity contribution in [3.8, 4) is 0 Å². The molecule has 1 unspecified atom stereocenters. The van der Waals surface area contributed by atoms with Crippen LogP contribution in [0.2, 0.25) is 0 Å². The first-order valence-electron chi connectivity index (χ1n) is 4.27. The zero-order valence-corrected chi connectivity index (χ0v) is 6.82. The number of carbonyl (C=O) groups excluding carboxylic acids is 1. The molecular formula is C9H11NO2. The molecule has 0 spiro atoms. The second kappa shape index (κ2) is 3.09. The highest BCUT2D eigenvalue weighted by atomic mass is 16.5. The predicted molar refractivity (Wildman–Crippen MR) is 42.6 cm³/mol. The van der Waals surface area contributed by atoms with E-state index >= 15 is 0 Å². The van der Waals surface area contributed by atoms with Crippen LogP contribution in [0.3, 0.4) is 0 Å². The summed E-state index contributed by atoms with van der Waals surface area (Å²) in [6.07, 6.45) is 6.95. The highest BCUT2D eigenvalue weighted by molar-refractivity contribution is 5.83. The molecule has 0 saturated heterocycles. The van der Waals surface area contributed by atoms with E-state index in [2.05, 4.69) is 5.16 Å². The normalized spacial score (nSPS) is 23.3. The second-order valence-corrected chi connectivity index (χ2v) is 3.29. The second-order valence-electron chi connectivity index (χ2n) is 3.29. The summed E-state index contributed by atoms with van der Waals surface area (Å²) in [6.45, 7) is 0. The van der Waals surface area contributed by atoms with Gasteiger partial charge in [-0.1, -0.05) is 5.16 Å². The Labute approximate surface area is 70.7 Å². The Hall–Kier alpha value is -1.12. The van der Waals surface area contributed by atoms with Crippen LogP contribution in [0.25, 0.3) is 0 Å². The Balaban J connectivity index is 1.99. The summed E-state index contributed by atoms with van der Waals surface area (Å²) in [4.78, 5) is 11.2. The van der Waals surface area contributed by atoms with E-state index in [1.165, 1.54) is 0 Å². The van der Waals surface area contributed by atoms with Crippen LogP contribution in [0.15, 0.2) is 17.0 Å². The number of ketones is 1. The lowest BCUT2D eigenvalue weighted by Gasteiger charge is -2.03. The molecule has 1 aliphatic rings. The topological polar surface area (TPSA) is 43.1 Å². The fourth-order valence-electron chi connectivity index (χ4n) is 1.72. The summed E-state index contributed by atoms with van der Waals surface area (Å²) < 4.78 is 4.70. The first-order chi connectivity index (χ1) is 5.86. The first kappa shape index (κ1) is 7.53. The molecule has 1 saturated carbocycles. The summed E-state index contributed by atoms with van der Waals surface area (Å²) in [5.74, 6) is 0.626. The number of hydrogen-bond acceptors (Lipinski definition) is 3. The number of Topliss-reactive ketones (excluding diaryl/α,β-unsaturated/α-hetero) is 1. The van der Waals surface area contributed by atoms with Crippen molar-refractivity contribution in [3.63, 3.8) is 0 Å². The van der Waals surface area contributed by atoms with Crippen molar-refractivity contribution < 1.29 is 9.32 Å². The zero-order valence-electron chi connectivity index (χ0n) is 6.82. The van der Waals surface area contributed by atoms with Gasteiger partial charge in [0.2, 0.25) is 0 Å². The van der Waals surface area contributed by atoms with Crippen LogP contribution in [-0.2, 0) is 11.2 Å². The van der Waals surface area contributed by atoms with Crippen LogP contribution in [0.5, 0.6) is 0 Å². The van der Waals surface area contributed by atoms with E-state index < -0.39 is 0 Å². The van der Waals surface area contributed by atoms with Crippen molar-refractivity contribution in [1.82, 2.24) is 5.16 Å². The molecular weight excluding hydrogens is 154 g/mol. The largest absolute Gasteiger partial charge is 0.364 e. The lowest BCUT2D eigenvalue weighted by atomic mass is 10.00. The number of rotatable bonds is 2. The van der Waals surface area contributed by atoms with E-state index in [4.69, 9.17) is 4.52 Å². The summed E-state index contributed by atoms with van der Waals surface area (Å²) >= 11 is 0. The minimum absolute atomic E-state index is 0.226. The van der Waals surface area contributed by atoms with Crippen molar-refractivity contribution >= 4 is 5.78 Å². The smallest absolute Gasteiger partial charge is 0.136 e. The van der Waals surface area contributed by atoms with Gasteiger partial charge in [-0.05, 0) is 19.3 Å². The van der Waals surface area contributed by atoms with E-state index in [9.17, 15) is 4.79 Å². The van der Waals surface area contributed by atoms with Gasteiger partial charge in [-0.2, -0.15) is 0 Å². The molecule has 0 radical (unpaired) electrons. The fourth-order valence-corrected chi connectivity index (χ4v) is 1.72. The molecule has 12 heavy (non-hydrogen) atoms. The molecule has 0 N–H and O–H groups in total. The zero-order chi connectivity index (χ0) is 8.39. The molecule has 1 aliphatic carbocycles. The van der Waals surface area contributed by atoms with Crippen LogP contribution in [0.4, 0.5) is 0 Å². The molecule has 64 valence electrons. The van der Waals surface area contributed by atoms with E-state index in [-0.39, 0.29) is 5.92 Å². The number of hydrogen-bond donors (Lipinski definition) is 0. The Morgan fingerprint density at radius 1 is 1.67 bits per heavy atom. The molecule has 1 aromatic rings. The van der Waals surface area contributed by atoms with Gasteiger partial charge in [0.25, 0.3) is 0 Å². The summed E-state index contributed by atoms with van der Waals surface area (Å²) in [5.41, 5.74) is 1.04. The van der Waals surface area contributed by atoms with Crippen molar-refractivity contribution in [2.75, 3.05) is 0 Å². The predicted octanol–water partition coefficient (Wildman–Crippen LogP) is 1.59. The highest BCUT2D eigenvalue weighted by Crippen LogP contribution is 2.24. The molecule has 0 aromatic carbocycles. The van der Waals surface area contributed by atoms with Crippen LogP contribution < -0.4 is 0 Å². The van der Waals surface area contributed by atoms with E-state index in [1.54, 1.807) is 12.5 Å². The Morgan fingerprint density at radius 3 is 3.17 bits per heavy atom. The summed E-state index contributed by atoms with van der Waals surface area (Å²) in [6, 6.07) is 0. The lowest BCUT2D eigenvalue weighted by Crippen LogP contribution is -2.08. The molecule has 0 amide bonds. The molecule has 3 heteroatoms. The van der Waals surface area contributed by atoms with Crippen molar-refractivity contribution in [2.24, 2.45) is 5.92 Å². The lowest BCUT2D eigenvalue weighted by molar-refractivity contribution is -0.120. The standard InChI is InChI=1S/C9H11NO2/c11-9-3-1-2-8(9)4-7-5-10-12-6-7/h5-6,8H,1-4H2. The van der Waals surface area contributed by atoms with Crippen LogP contribution in [0, 0.1) is 5.92 Å². The maximum atomic E-state index is 11.2. The fraction of sp³-hybridized carbons (Fsp3) is 0.556. The third-order valence-electron chi connectivity index (χ3n) is 2.40. The Morgan fingerprint density at radius 2 is 2.58 bits per heavy atom. The summed E-state index contributed by atoms with van der Waals surface area (Å²) in [7, 11) is 0. The number of carbonyl (C=O) groups is 1. The molecule has 0 bridgehead atoms. The maximum absolute atomic E-state index is 11.2. The van der Waals surface area contributed by atoms with Crippen LogP contribution in [0.1, 0.15) is 24.8 Å². The molecule has 2 rings (SSSR count). The van der Waals surface area contributed by atoms with Crippen molar-refractivity contribution in [2.45, 2.75) is 25.7 Å². The SMILES string of the molecule is O=C1CCCC1Cc1cnoc1. The molecule has 3 nitrogen and oxygen atoms in total. The van der Waals surface area contributed by atoms with Gasteiger partial charge in [0, 0.05) is 17.9 Å². The van der Waals surface area contributed by atoms with Crippen LogP contribution in [-0.4, -0.2) is 10.9 Å². The third-order valence-corrected chi connectivity index (χ3v) is 2.40. The molecule has 1 aromatic heterocycles. The van der Waals surface area contributed by atoms with Crippen molar-refractivity contribution in [3.05, 3.63) is 18.0 Å². The average molecular weight is 165 g/mol. The van der Waals surface area contributed by atoms with E-state index in [0.29, 0.717) is 5.78 Å². The molecule has 1 heterocycles. The average Bonchev–Trinajstić information content (AvgIpc) is 2.65. The van der Waals surface area contributed by atoms with Gasteiger partial charge >= 0.3 is 0 Å². The minimum Gasteiger partial charge on any atom is -0.364 e. The summed E-state index contributed by atoms with van der Waals surface area (Å²) in [5, 5.41) is 3.60. The van der Waals surface area contributed by atoms with Gasteiger partial charge < -0.3 is 4.52 Å². The van der Waals surface area contributed by atoms with Gasteiger partial charge in [-0.25, -0.2) is 0 Å². The highest BCUT2D eigenvalue weighted by Gasteiger charge is 2.24. The molecule has 0 aliphatic heterocycles. The number of nitrogens with zero attached hydrogens (tertiary/aromatic N) is 1. The van der Waals surface area contributed by atoms with Crippen LogP contribution >= 0.6 is 0 Å². The maximum Gasteiger partial charge on any atom is 0.136 e. The molecule has 1 fully saturated rings. The number of aromatic nitrogens is 1. The van der Waals surface area contributed by atoms with Crippen molar-refractivity contribution in [1.29, 1.82) is 0 Å². The Kier molecular flexibility index (Phi) is 1.94. The van der Waals surface area contributed by atoms with E-state index in [0.717, 1.165) is 31.2 Å². The van der Waals surface area contributed by atoms with Gasteiger partial charge in [-0.15, -0.1) is 0 Å².